The molecule has 1 aromatic carbocycles. The third kappa shape index (κ3) is 12.5. The van der Waals surface area contributed by atoms with Crippen molar-refractivity contribution in [3.63, 3.8) is 0 Å². The summed E-state index contributed by atoms with van der Waals surface area (Å²) < 4.78 is 31.3. The molecule has 1 atom stereocenters. The van der Waals surface area contributed by atoms with E-state index in [-0.39, 0.29) is 5.56 Å². The van der Waals surface area contributed by atoms with Gasteiger partial charge in [0.25, 0.3) is 5.91 Å². The summed E-state index contributed by atoms with van der Waals surface area (Å²) in [5.74, 6) is -3.31. The first kappa shape index (κ1) is 27.1. The predicted octanol–water partition coefficient (Wildman–Crippen LogP) is 6.72. The van der Waals surface area contributed by atoms with E-state index in [1.54, 1.807) is 0 Å². The zero-order chi connectivity index (χ0) is 22.9. The van der Waals surface area contributed by atoms with Crippen molar-refractivity contribution in [2.75, 3.05) is 6.61 Å². The average molecular weight is 440 g/mol. The molecule has 1 N–H and O–H groups in total. The largest absolute Gasteiger partial charge is 0.464 e. The van der Waals surface area contributed by atoms with Crippen LogP contribution in [0.15, 0.2) is 18.2 Å². The Kier molecular flexibility index (Phi) is 14.6. The molecule has 1 amide bonds. The van der Waals surface area contributed by atoms with Crippen LogP contribution in [-0.2, 0) is 9.53 Å². The van der Waals surface area contributed by atoms with E-state index in [4.69, 9.17) is 4.74 Å². The van der Waals surface area contributed by atoms with Crippen molar-refractivity contribution in [3.8, 4) is 0 Å². The van der Waals surface area contributed by atoms with E-state index in [0.29, 0.717) is 6.61 Å². The number of carbonyl (C=O) groups is 2. The van der Waals surface area contributed by atoms with Gasteiger partial charge in [0.05, 0.1) is 6.61 Å². The molecule has 0 radical (unpaired) electrons. The quantitative estimate of drug-likeness (QED) is 0.217. The lowest BCUT2D eigenvalue weighted by Gasteiger charge is -2.13. The van der Waals surface area contributed by atoms with Gasteiger partial charge in [-0.1, -0.05) is 84.0 Å². The number of halogens is 2. The summed E-state index contributed by atoms with van der Waals surface area (Å²) in [6, 6.07) is 1.99. The van der Waals surface area contributed by atoms with Crippen LogP contribution >= 0.6 is 0 Å². The summed E-state index contributed by atoms with van der Waals surface area (Å²) in [6.45, 7) is 4.07. The molecule has 0 fully saturated rings. The minimum Gasteiger partial charge on any atom is -0.464 e. The zero-order valence-corrected chi connectivity index (χ0v) is 19.2. The Morgan fingerprint density at radius 3 is 1.87 bits per heavy atom. The highest BCUT2D eigenvalue weighted by molar-refractivity contribution is 5.96. The first-order chi connectivity index (χ1) is 15.0. The Bertz CT molecular complexity index is 652. The van der Waals surface area contributed by atoms with Gasteiger partial charge in [0.1, 0.15) is 6.04 Å². The van der Waals surface area contributed by atoms with Crippen molar-refractivity contribution in [1.29, 1.82) is 0 Å². The number of hydrogen-bond donors (Lipinski definition) is 1. The van der Waals surface area contributed by atoms with Crippen LogP contribution < -0.4 is 5.32 Å². The Hall–Kier alpha value is -1.98. The molecule has 0 aliphatic heterocycles. The van der Waals surface area contributed by atoms with Gasteiger partial charge in [0.2, 0.25) is 0 Å². The highest BCUT2D eigenvalue weighted by atomic mass is 19.2. The maximum absolute atomic E-state index is 13.2. The van der Waals surface area contributed by atoms with Crippen molar-refractivity contribution in [2.45, 2.75) is 103 Å². The van der Waals surface area contributed by atoms with Gasteiger partial charge in [0, 0.05) is 5.56 Å². The van der Waals surface area contributed by atoms with Gasteiger partial charge in [-0.2, -0.15) is 0 Å². The van der Waals surface area contributed by atoms with Crippen LogP contribution in [0.4, 0.5) is 8.78 Å². The number of amides is 1. The molecule has 6 heteroatoms. The lowest BCUT2D eigenvalue weighted by atomic mass is 10.0. The fourth-order valence-electron chi connectivity index (χ4n) is 3.39. The Labute approximate surface area is 186 Å². The normalized spacial score (nSPS) is 11.9. The second-order valence-electron chi connectivity index (χ2n) is 8.23. The summed E-state index contributed by atoms with van der Waals surface area (Å²) in [6.07, 6.45) is 16.2. The number of benzene rings is 1. The second-order valence-corrected chi connectivity index (χ2v) is 8.23. The molecule has 1 unspecified atom stereocenters. The fourth-order valence-corrected chi connectivity index (χ4v) is 3.39. The number of ether oxygens (including phenoxy) is 1. The molecule has 176 valence electrons. The lowest BCUT2D eigenvalue weighted by Crippen LogP contribution is -2.39. The monoisotopic (exact) mass is 439 g/mol. The molecular weight excluding hydrogens is 400 g/mol. The van der Waals surface area contributed by atoms with Crippen molar-refractivity contribution >= 4 is 11.9 Å². The topological polar surface area (TPSA) is 55.4 Å². The summed E-state index contributed by atoms with van der Waals surface area (Å²) in [4.78, 5) is 24.0. The third-order valence-corrected chi connectivity index (χ3v) is 5.38. The predicted molar refractivity (Wildman–Crippen MR) is 120 cm³/mol. The maximum Gasteiger partial charge on any atom is 0.328 e. The fraction of sp³-hybridized carbons (Fsp3) is 0.680. The van der Waals surface area contributed by atoms with Crippen LogP contribution in [0.2, 0.25) is 0 Å². The minimum absolute atomic E-state index is 0.0463. The first-order valence-electron chi connectivity index (χ1n) is 11.9. The van der Waals surface area contributed by atoms with Gasteiger partial charge in [-0.3, -0.25) is 4.79 Å². The van der Waals surface area contributed by atoms with Crippen molar-refractivity contribution in [1.82, 2.24) is 5.32 Å². The van der Waals surface area contributed by atoms with Crippen LogP contribution in [0, 0.1) is 11.6 Å². The van der Waals surface area contributed by atoms with Crippen LogP contribution in [0.3, 0.4) is 0 Å². The summed E-state index contributed by atoms with van der Waals surface area (Å²) in [5, 5.41) is 2.44. The van der Waals surface area contributed by atoms with E-state index in [1.165, 1.54) is 77.2 Å². The maximum atomic E-state index is 13.2. The van der Waals surface area contributed by atoms with E-state index in [2.05, 4.69) is 12.2 Å². The SMILES string of the molecule is CCCCCCCCCCCCCCCOC(=O)C(C)NC(=O)c1ccc(F)c(F)c1. The van der Waals surface area contributed by atoms with Gasteiger partial charge in [0.15, 0.2) is 11.6 Å². The van der Waals surface area contributed by atoms with E-state index >= 15 is 0 Å². The number of unbranched alkanes of at least 4 members (excludes halogenated alkanes) is 12. The van der Waals surface area contributed by atoms with Crippen molar-refractivity contribution in [2.24, 2.45) is 0 Å². The van der Waals surface area contributed by atoms with Gasteiger partial charge in [-0.15, -0.1) is 0 Å². The molecule has 31 heavy (non-hydrogen) atoms. The molecule has 0 saturated heterocycles. The highest BCUT2D eigenvalue weighted by Gasteiger charge is 2.18. The number of esters is 1. The van der Waals surface area contributed by atoms with Gasteiger partial charge in [-0.05, 0) is 31.5 Å². The zero-order valence-electron chi connectivity index (χ0n) is 19.2. The number of rotatable bonds is 17. The number of carbonyl (C=O) groups excluding carboxylic acids is 2. The summed E-state index contributed by atoms with van der Waals surface area (Å²) >= 11 is 0. The molecule has 0 aliphatic carbocycles. The van der Waals surface area contributed by atoms with Gasteiger partial charge in [-0.25, -0.2) is 13.6 Å². The molecular formula is C25H39F2NO3. The summed E-state index contributed by atoms with van der Waals surface area (Å²) in [5.41, 5.74) is -0.0463. The molecule has 0 aromatic heterocycles. The molecule has 1 rings (SSSR count). The Morgan fingerprint density at radius 1 is 0.839 bits per heavy atom. The van der Waals surface area contributed by atoms with Crippen LogP contribution in [-0.4, -0.2) is 24.5 Å². The first-order valence-corrected chi connectivity index (χ1v) is 11.9. The molecule has 0 saturated carbocycles. The van der Waals surface area contributed by atoms with Crippen molar-refractivity contribution in [3.05, 3.63) is 35.4 Å². The standard InChI is InChI=1S/C25H39F2NO3/c1-3-4-5-6-7-8-9-10-11-12-13-14-15-18-31-25(30)20(2)28-24(29)21-16-17-22(26)23(27)19-21/h16-17,19-20H,3-15,18H2,1-2H3,(H,28,29). The average Bonchev–Trinajstić information content (AvgIpc) is 2.75. The number of nitrogens with one attached hydrogen (secondary N) is 1. The molecule has 1 aromatic rings. The molecule has 4 nitrogen and oxygen atoms in total. The van der Waals surface area contributed by atoms with Crippen LogP contribution in [0.1, 0.15) is 108 Å². The Balaban J connectivity index is 2.01. The summed E-state index contributed by atoms with van der Waals surface area (Å²) in [7, 11) is 0. The highest BCUT2D eigenvalue weighted by Crippen LogP contribution is 2.13. The van der Waals surface area contributed by atoms with E-state index in [9.17, 15) is 18.4 Å². The lowest BCUT2D eigenvalue weighted by molar-refractivity contribution is -0.145. The minimum atomic E-state index is -1.11. The second kappa shape index (κ2) is 16.7. The van der Waals surface area contributed by atoms with Crippen molar-refractivity contribution < 1.29 is 23.1 Å². The van der Waals surface area contributed by atoms with E-state index < -0.39 is 29.6 Å². The smallest absolute Gasteiger partial charge is 0.328 e. The molecule has 0 bridgehead atoms. The van der Waals surface area contributed by atoms with Gasteiger partial charge < -0.3 is 10.1 Å². The third-order valence-electron chi connectivity index (χ3n) is 5.38. The molecule has 0 heterocycles. The Morgan fingerprint density at radius 2 is 1.35 bits per heavy atom. The molecule has 0 spiro atoms. The van der Waals surface area contributed by atoms with Crippen LogP contribution in [0.5, 0.6) is 0 Å². The van der Waals surface area contributed by atoms with Gasteiger partial charge >= 0.3 is 5.97 Å². The van der Waals surface area contributed by atoms with E-state index in [1.807, 2.05) is 0 Å². The number of hydrogen-bond acceptors (Lipinski definition) is 3. The molecule has 0 aliphatic rings. The van der Waals surface area contributed by atoms with Crippen LogP contribution in [0.25, 0.3) is 0 Å². The van der Waals surface area contributed by atoms with E-state index in [0.717, 1.165) is 31.4 Å².